The number of furan rings is 1. The van der Waals surface area contributed by atoms with E-state index in [1.54, 1.807) is 13.2 Å². The quantitative estimate of drug-likeness (QED) is 0.944. The van der Waals surface area contributed by atoms with Crippen LogP contribution in [0.2, 0.25) is 0 Å². The summed E-state index contributed by atoms with van der Waals surface area (Å²) in [5, 5.41) is 2.81. The van der Waals surface area contributed by atoms with Crippen LogP contribution in [0.3, 0.4) is 0 Å². The molecule has 0 radical (unpaired) electrons. The van der Waals surface area contributed by atoms with Crippen LogP contribution in [-0.2, 0) is 6.54 Å². The van der Waals surface area contributed by atoms with Crippen molar-refractivity contribution < 1.29 is 13.9 Å². The predicted molar refractivity (Wildman–Crippen MR) is 70.6 cm³/mol. The maximum Gasteiger partial charge on any atom is 0.256 e. The van der Waals surface area contributed by atoms with Gasteiger partial charge in [-0.05, 0) is 39.7 Å². The van der Waals surface area contributed by atoms with Crippen LogP contribution in [-0.4, -0.2) is 13.0 Å². The largest absolute Gasteiger partial charge is 0.497 e. The van der Waals surface area contributed by atoms with E-state index in [0.29, 0.717) is 16.8 Å². The number of amides is 1. The lowest BCUT2D eigenvalue weighted by atomic mass is 10.2. The molecule has 5 heteroatoms. The van der Waals surface area contributed by atoms with Crippen LogP contribution in [0.25, 0.3) is 0 Å². The van der Waals surface area contributed by atoms with Crippen molar-refractivity contribution in [2.24, 2.45) is 0 Å². The summed E-state index contributed by atoms with van der Waals surface area (Å²) in [5.41, 5.74) is 1.46. The highest BCUT2D eigenvalue weighted by Crippen LogP contribution is 2.17. The smallest absolute Gasteiger partial charge is 0.256 e. The first kappa shape index (κ1) is 12.7. The van der Waals surface area contributed by atoms with E-state index in [0.717, 1.165) is 11.3 Å². The van der Waals surface area contributed by atoms with E-state index in [9.17, 15) is 4.79 Å². The fourth-order valence-electron chi connectivity index (χ4n) is 1.52. The molecule has 1 N–H and O–H groups in total. The van der Waals surface area contributed by atoms with Crippen LogP contribution >= 0.6 is 15.9 Å². The van der Waals surface area contributed by atoms with Gasteiger partial charge in [-0.1, -0.05) is 12.1 Å². The number of methoxy groups -OCH3 is 1. The fraction of sp³-hybridized carbons (Fsp3) is 0.154. The highest BCUT2D eigenvalue weighted by Gasteiger charge is 2.11. The number of ether oxygens (including phenoxy) is 1. The summed E-state index contributed by atoms with van der Waals surface area (Å²) in [5.74, 6) is 0.588. The third kappa shape index (κ3) is 2.92. The Kier molecular flexibility index (Phi) is 4.04. The molecule has 0 unspecified atom stereocenters. The molecule has 0 fully saturated rings. The monoisotopic (exact) mass is 309 g/mol. The molecule has 2 aromatic rings. The van der Waals surface area contributed by atoms with Gasteiger partial charge in [-0.25, -0.2) is 0 Å². The lowest BCUT2D eigenvalue weighted by molar-refractivity contribution is 0.0949. The highest BCUT2D eigenvalue weighted by molar-refractivity contribution is 9.10. The second-order valence-corrected chi connectivity index (χ2v) is 4.36. The molecule has 4 nitrogen and oxygen atoms in total. The average Bonchev–Trinajstić information content (AvgIpc) is 2.82. The molecule has 0 aliphatic carbocycles. The van der Waals surface area contributed by atoms with Crippen LogP contribution in [0.5, 0.6) is 5.75 Å². The van der Waals surface area contributed by atoms with E-state index in [4.69, 9.17) is 9.15 Å². The van der Waals surface area contributed by atoms with Gasteiger partial charge >= 0.3 is 0 Å². The van der Waals surface area contributed by atoms with E-state index in [2.05, 4.69) is 21.2 Å². The van der Waals surface area contributed by atoms with E-state index in [-0.39, 0.29) is 5.91 Å². The van der Waals surface area contributed by atoms with Gasteiger partial charge in [0.2, 0.25) is 0 Å². The molecule has 0 saturated heterocycles. The number of nitrogens with one attached hydrogen (secondary N) is 1. The van der Waals surface area contributed by atoms with Crippen LogP contribution in [0.4, 0.5) is 0 Å². The van der Waals surface area contributed by atoms with Gasteiger partial charge in [0.05, 0.1) is 18.9 Å². The van der Waals surface area contributed by atoms with Crippen LogP contribution in [0.1, 0.15) is 15.9 Å². The van der Waals surface area contributed by atoms with Gasteiger partial charge in [0.1, 0.15) is 5.75 Å². The molecule has 0 atom stereocenters. The Morgan fingerprint density at radius 1 is 1.44 bits per heavy atom. The molecule has 0 bridgehead atoms. The maximum atomic E-state index is 11.8. The number of carbonyl (C=O) groups is 1. The Morgan fingerprint density at radius 2 is 2.28 bits per heavy atom. The first-order valence-corrected chi connectivity index (χ1v) is 6.14. The van der Waals surface area contributed by atoms with Crippen molar-refractivity contribution in [1.82, 2.24) is 5.32 Å². The molecule has 1 aromatic heterocycles. The van der Waals surface area contributed by atoms with Crippen molar-refractivity contribution in [2.45, 2.75) is 6.54 Å². The van der Waals surface area contributed by atoms with Crippen molar-refractivity contribution in [3.05, 3.63) is 52.4 Å². The summed E-state index contributed by atoms with van der Waals surface area (Å²) in [7, 11) is 1.61. The third-order valence-electron chi connectivity index (χ3n) is 2.45. The molecule has 2 rings (SSSR count). The second kappa shape index (κ2) is 5.73. The molecular formula is C13H12BrNO3. The van der Waals surface area contributed by atoms with Gasteiger partial charge in [-0.15, -0.1) is 0 Å². The normalized spacial score (nSPS) is 10.1. The zero-order valence-electron chi connectivity index (χ0n) is 9.77. The van der Waals surface area contributed by atoms with Gasteiger partial charge in [-0.3, -0.25) is 4.79 Å². The second-order valence-electron chi connectivity index (χ2n) is 3.64. The molecule has 1 amide bonds. The minimum absolute atomic E-state index is 0.182. The van der Waals surface area contributed by atoms with Crippen molar-refractivity contribution in [1.29, 1.82) is 0 Å². The molecule has 0 spiro atoms. The van der Waals surface area contributed by atoms with Gasteiger partial charge in [0.15, 0.2) is 4.67 Å². The SMILES string of the molecule is COc1cccc(CNC(=O)c2ccoc2Br)c1. The number of benzene rings is 1. The van der Waals surface area contributed by atoms with Crippen molar-refractivity contribution >= 4 is 21.8 Å². The number of carbonyl (C=O) groups excluding carboxylic acids is 1. The summed E-state index contributed by atoms with van der Waals surface area (Å²) >= 11 is 3.17. The Balaban J connectivity index is 1.99. The van der Waals surface area contributed by atoms with Crippen LogP contribution < -0.4 is 10.1 Å². The van der Waals surface area contributed by atoms with Gasteiger partial charge < -0.3 is 14.5 Å². The summed E-state index contributed by atoms with van der Waals surface area (Å²) in [6.07, 6.45) is 1.46. The molecule has 94 valence electrons. The Labute approximate surface area is 113 Å². The lowest BCUT2D eigenvalue weighted by Crippen LogP contribution is -2.22. The summed E-state index contributed by atoms with van der Waals surface area (Å²) in [6.45, 7) is 0.438. The zero-order valence-corrected chi connectivity index (χ0v) is 11.4. The van der Waals surface area contributed by atoms with Gasteiger partial charge in [-0.2, -0.15) is 0 Å². The van der Waals surface area contributed by atoms with E-state index in [1.807, 2.05) is 24.3 Å². The highest BCUT2D eigenvalue weighted by atomic mass is 79.9. The average molecular weight is 310 g/mol. The Hall–Kier alpha value is -1.75. The summed E-state index contributed by atoms with van der Waals surface area (Å²) in [6, 6.07) is 9.16. The lowest BCUT2D eigenvalue weighted by Gasteiger charge is -2.06. The van der Waals surface area contributed by atoms with Gasteiger partial charge in [0, 0.05) is 6.54 Å². The third-order valence-corrected chi connectivity index (χ3v) is 3.06. The molecule has 0 saturated carbocycles. The predicted octanol–water partition coefficient (Wildman–Crippen LogP) is 2.98. The molecule has 1 aromatic carbocycles. The number of rotatable bonds is 4. The molecular weight excluding hydrogens is 298 g/mol. The van der Waals surface area contributed by atoms with Crippen molar-refractivity contribution in [3.63, 3.8) is 0 Å². The zero-order chi connectivity index (χ0) is 13.0. The maximum absolute atomic E-state index is 11.8. The first-order valence-electron chi connectivity index (χ1n) is 5.35. The van der Waals surface area contributed by atoms with Crippen molar-refractivity contribution in [3.8, 4) is 5.75 Å². The van der Waals surface area contributed by atoms with E-state index >= 15 is 0 Å². The van der Waals surface area contributed by atoms with Crippen LogP contribution in [0, 0.1) is 0 Å². The Bertz CT molecular complexity index is 551. The minimum Gasteiger partial charge on any atom is -0.497 e. The fourth-order valence-corrected chi connectivity index (χ4v) is 1.94. The molecule has 18 heavy (non-hydrogen) atoms. The molecule has 0 aliphatic heterocycles. The van der Waals surface area contributed by atoms with Crippen LogP contribution in [0.15, 0.2) is 45.7 Å². The topological polar surface area (TPSA) is 51.5 Å². The molecule has 1 heterocycles. The Morgan fingerprint density at radius 3 is 2.94 bits per heavy atom. The van der Waals surface area contributed by atoms with E-state index in [1.165, 1.54) is 6.26 Å². The van der Waals surface area contributed by atoms with E-state index < -0.39 is 0 Å². The number of hydrogen-bond donors (Lipinski definition) is 1. The molecule has 0 aliphatic rings. The van der Waals surface area contributed by atoms with Crippen molar-refractivity contribution in [2.75, 3.05) is 7.11 Å². The first-order chi connectivity index (χ1) is 8.70. The number of hydrogen-bond acceptors (Lipinski definition) is 3. The van der Waals surface area contributed by atoms with Gasteiger partial charge in [0.25, 0.3) is 5.91 Å². The summed E-state index contributed by atoms with van der Waals surface area (Å²) in [4.78, 5) is 11.8. The standard InChI is InChI=1S/C13H12BrNO3/c1-17-10-4-2-3-9(7-10)8-15-13(16)11-5-6-18-12(11)14/h2-7H,8H2,1H3,(H,15,16). The summed E-state index contributed by atoms with van der Waals surface area (Å²) < 4.78 is 10.6. The minimum atomic E-state index is -0.182. The number of halogens is 1.